The first-order chi connectivity index (χ1) is 12.1. The summed E-state index contributed by atoms with van der Waals surface area (Å²) in [5.41, 5.74) is 1.61. The van der Waals surface area contributed by atoms with Crippen molar-refractivity contribution in [3.63, 3.8) is 0 Å². The second kappa shape index (κ2) is 7.25. The lowest BCUT2D eigenvalue weighted by Gasteiger charge is -2.21. The quantitative estimate of drug-likeness (QED) is 0.651. The van der Waals surface area contributed by atoms with Crippen molar-refractivity contribution >= 4 is 15.7 Å². The fraction of sp³-hybridized carbons (Fsp3) is 0.278. The van der Waals surface area contributed by atoms with Crippen LogP contribution in [0.15, 0.2) is 59.8 Å². The minimum atomic E-state index is -3.68. The van der Waals surface area contributed by atoms with Crippen LogP contribution in [0.5, 0.6) is 5.75 Å². The van der Waals surface area contributed by atoms with E-state index in [4.69, 9.17) is 4.74 Å². The molecule has 0 amide bonds. The number of aromatic nitrogens is 2. The zero-order valence-electron chi connectivity index (χ0n) is 14.3. The van der Waals surface area contributed by atoms with Gasteiger partial charge in [-0.25, -0.2) is 13.4 Å². The largest absolute Gasteiger partial charge is 0.492 e. The van der Waals surface area contributed by atoms with E-state index in [1.807, 2.05) is 42.6 Å². The number of pyridine rings is 1. The lowest BCUT2D eigenvalue weighted by atomic mass is 10.3. The van der Waals surface area contributed by atoms with Crippen LogP contribution in [0.2, 0.25) is 0 Å². The van der Waals surface area contributed by atoms with E-state index >= 15 is 0 Å². The molecule has 0 fully saturated rings. The molecule has 0 radical (unpaired) electrons. The number of nitrogens with zero attached hydrogens (tertiary/aromatic N) is 3. The first-order valence-electron chi connectivity index (χ1n) is 8.20. The summed E-state index contributed by atoms with van der Waals surface area (Å²) in [6, 6.07) is 12.4. The van der Waals surface area contributed by atoms with E-state index in [0.717, 1.165) is 11.3 Å². The fourth-order valence-corrected chi connectivity index (χ4v) is 4.28. The third kappa shape index (κ3) is 3.38. The summed E-state index contributed by atoms with van der Waals surface area (Å²) in [5.74, 6) is 0.376. The highest BCUT2D eigenvalue weighted by Gasteiger charge is 2.27. The molecule has 0 N–H and O–H groups in total. The predicted molar refractivity (Wildman–Crippen MR) is 96.1 cm³/mol. The molecule has 0 bridgehead atoms. The summed E-state index contributed by atoms with van der Waals surface area (Å²) in [4.78, 5) is 4.51. The number of imidazole rings is 1. The van der Waals surface area contributed by atoms with Crippen LogP contribution in [0.4, 0.5) is 0 Å². The maximum atomic E-state index is 13.1. The Balaban J connectivity index is 1.97. The smallest absolute Gasteiger partial charge is 0.247 e. The minimum Gasteiger partial charge on any atom is -0.492 e. The van der Waals surface area contributed by atoms with E-state index in [9.17, 15) is 8.42 Å². The second-order valence-corrected chi connectivity index (χ2v) is 7.40. The molecule has 7 heteroatoms. The monoisotopic (exact) mass is 359 g/mol. The van der Waals surface area contributed by atoms with Gasteiger partial charge in [0.25, 0.3) is 0 Å². The average molecular weight is 359 g/mol. The summed E-state index contributed by atoms with van der Waals surface area (Å²) >= 11 is 0. The minimum absolute atomic E-state index is 0.188. The SMILES string of the molecule is CCOc1ccccc1S(=O)(=O)N(CC)Cc1cnc2ccccn12. The van der Waals surface area contributed by atoms with Crippen molar-refractivity contribution < 1.29 is 13.2 Å². The fourth-order valence-electron chi connectivity index (χ4n) is 2.73. The lowest BCUT2D eigenvalue weighted by molar-refractivity contribution is 0.328. The van der Waals surface area contributed by atoms with Gasteiger partial charge in [-0.1, -0.05) is 25.1 Å². The molecule has 0 aliphatic carbocycles. The van der Waals surface area contributed by atoms with E-state index in [1.54, 1.807) is 30.5 Å². The first kappa shape index (κ1) is 17.4. The number of sulfonamides is 1. The summed E-state index contributed by atoms with van der Waals surface area (Å²) in [6.07, 6.45) is 3.59. The Kier molecular flexibility index (Phi) is 5.06. The van der Waals surface area contributed by atoms with Crippen molar-refractivity contribution in [1.29, 1.82) is 0 Å². The Bertz CT molecular complexity index is 966. The van der Waals surface area contributed by atoms with Crippen LogP contribution < -0.4 is 4.74 Å². The molecule has 0 aliphatic rings. The third-order valence-electron chi connectivity index (χ3n) is 3.95. The molecule has 0 aliphatic heterocycles. The summed E-state index contributed by atoms with van der Waals surface area (Å²) < 4.78 is 35.1. The highest BCUT2D eigenvalue weighted by Crippen LogP contribution is 2.27. The second-order valence-electron chi connectivity index (χ2n) is 5.49. The highest BCUT2D eigenvalue weighted by atomic mass is 32.2. The van der Waals surface area contributed by atoms with Gasteiger partial charge in [-0.2, -0.15) is 4.31 Å². The molecule has 0 saturated carbocycles. The summed E-state index contributed by atoms with van der Waals surface area (Å²) in [7, 11) is -3.68. The van der Waals surface area contributed by atoms with Crippen molar-refractivity contribution in [2.75, 3.05) is 13.2 Å². The topological polar surface area (TPSA) is 63.9 Å². The third-order valence-corrected chi connectivity index (χ3v) is 5.91. The van der Waals surface area contributed by atoms with Gasteiger partial charge in [0, 0.05) is 12.7 Å². The van der Waals surface area contributed by atoms with Gasteiger partial charge in [-0.05, 0) is 31.2 Å². The summed E-state index contributed by atoms with van der Waals surface area (Å²) in [6.45, 7) is 4.66. The van der Waals surface area contributed by atoms with Crippen molar-refractivity contribution in [2.45, 2.75) is 25.3 Å². The van der Waals surface area contributed by atoms with Gasteiger partial charge in [0.05, 0.1) is 25.0 Å². The molecular formula is C18H21N3O3S. The van der Waals surface area contributed by atoms with Crippen molar-refractivity contribution in [3.05, 3.63) is 60.6 Å². The maximum Gasteiger partial charge on any atom is 0.247 e. The first-order valence-corrected chi connectivity index (χ1v) is 9.65. The van der Waals surface area contributed by atoms with E-state index in [-0.39, 0.29) is 11.4 Å². The molecule has 3 rings (SSSR count). The molecule has 0 unspecified atom stereocenters. The van der Waals surface area contributed by atoms with Gasteiger partial charge in [-0.15, -0.1) is 0 Å². The van der Waals surface area contributed by atoms with Gasteiger partial charge in [0.15, 0.2) is 0 Å². The normalized spacial score (nSPS) is 12.0. The van der Waals surface area contributed by atoms with E-state index in [2.05, 4.69) is 4.98 Å². The van der Waals surface area contributed by atoms with E-state index in [0.29, 0.717) is 18.9 Å². The standard InChI is InChI=1S/C18H21N3O3S/c1-3-20(14-15-13-19-18-11-7-8-12-21(15)18)25(22,23)17-10-6-5-9-16(17)24-4-2/h5-13H,3-4,14H2,1-2H3. The number of para-hydroxylation sites is 1. The van der Waals surface area contributed by atoms with Crippen LogP contribution in [0.25, 0.3) is 5.65 Å². The maximum absolute atomic E-state index is 13.1. The van der Waals surface area contributed by atoms with Gasteiger partial charge in [-0.3, -0.25) is 0 Å². The molecule has 6 nitrogen and oxygen atoms in total. The van der Waals surface area contributed by atoms with Crippen LogP contribution in [0.3, 0.4) is 0 Å². The Morgan fingerprint density at radius 1 is 1.12 bits per heavy atom. The molecule has 132 valence electrons. The summed E-state index contributed by atoms with van der Waals surface area (Å²) in [5, 5.41) is 0. The van der Waals surface area contributed by atoms with Gasteiger partial charge in [0.2, 0.25) is 10.0 Å². The zero-order valence-corrected chi connectivity index (χ0v) is 15.1. The van der Waals surface area contributed by atoms with E-state index < -0.39 is 10.0 Å². The van der Waals surface area contributed by atoms with Crippen LogP contribution in [-0.2, 0) is 16.6 Å². The number of ether oxygens (including phenoxy) is 1. The number of benzene rings is 1. The number of rotatable bonds is 7. The molecule has 1 aromatic carbocycles. The molecule has 0 spiro atoms. The molecule has 2 heterocycles. The van der Waals surface area contributed by atoms with Crippen molar-refractivity contribution in [2.24, 2.45) is 0 Å². The van der Waals surface area contributed by atoms with Gasteiger partial charge in [0.1, 0.15) is 16.3 Å². The molecule has 0 saturated heterocycles. The Hall–Kier alpha value is -2.38. The molecule has 3 aromatic rings. The Morgan fingerprint density at radius 3 is 2.64 bits per heavy atom. The van der Waals surface area contributed by atoms with Gasteiger partial charge >= 0.3 is 0 Å². The average Bonchev–Trinajstić information content (AvgIpc) is 3.03. The molecular weight excluding hydrogens is 338 g/mol. The van der Waals surface area contributed by atoms with E-state index in [1.165, 1.54) is 4.31 Å². The number of fused-ring (bicyclic) bond motifs is 1. The number of hydrogen-bond acceptors (Lipinski definition) is 4. The number of hydrogen-bond donors (Lipinski definition) is 0. The molecule has 0 atom stereocenters. The predicted octanol–water partition coefficient (Wildman–Crippen LogP) is 2.94. The van der Waals surface area contributed by atoms with Crippen molar-refractivity contribution in [3.8, 4) is 5.75 Å². The van der Waals surface area contributed by atoms with Crippen LogP contribution in [-0.4, -0.2) is 35.3 Å². The van der Waals surface area contributed by atoms with Crippen LogP contribution >= 0.6 is 0 Å². The molecule has 2 aromatic heterocycles. The lowest BCUT2D eigenvalue weighted by Crippen LogP contribution is -2.31. The Labute approximate surface area is 147 Å². The van der Waals surface area contributed by atoms with Crippen molar-refractivity contribution in [1.82, 2.24) is 13.7 Å². The van der Waals surface area contributed by atoms with Crippen LogP contribution in [0, 0.1) is 0 Å². The van der Waals surface area contributed by atoms with Crippen LogP contribution in [0.1, 0.15) is 19.5 Å². The zero-order chi connectivity index (χ0) is 17.9. The molecule has 25 heavy (non-hydrogen) atoms. The Morgan fingerprint density at radius 2 is 1.88 bits per heavy atom. The highest BCUT2D eigenvalue weighted by molar-refractivity contribution is 7.89. The van der Waals surface area contributed by atoms with Gasteiger partial charge < -0.3 is 9.14 Å².